The quantitative estimate of drug-likeness (QED) is 0.419. The number of rotatable bonds is 5. The Labute approximate surface area is 209 Å². The Balaban J connectivity index is 1.63. The largest absolute Gasteiger partial charge is 0.416 e. The van der Waals surface area contributed by atoms with Gasteiger partial charge in [0.05, 0.1) is 17.8 Å². The Morgan fingerprint density at radius 2 is 1.77 bits per heavy atom. The average Bonchev–Trinajstić information content (AvgIpc) is 2.83. The molecule has 0 radical (unpaired) electrons. The van der Waals surface area contributed by atoms with Crippen LogP contribution in [0.15, 0.2) is 83.9 Å². The molecule has 1 unspecified atom stereocenters. The number of aliphatic imine (C=N–C) groups is 1. The zero-order valence-corrected chi connectivity index (χ0v) is 19.7. The summed E-state index contributed by atoms with van der Waals surface area (Å²) in [6.07, 6.45) is -4.62. The summed E-state index contributed by atoms with van der Waals surface area (Å²) in [5.41, 5.74) is 0.517. The molecule has 1 aliphatic heterocycles. The SMILES string of the molecule is O=C(Nc1ccc(Cl)cc1)C1CC(=O)N(Cc2ccccc2)C(=Nc2cccc(C(F)(F)F)c2)S1. The van der Waals surface area contributed by atoms with Crippen LogP contribution in [0.25, 0.3) is 0 Å². The second kappa shape index (κ2) is 10.5. The second-order valence-electron chi connectivity index (χ2n) is 7.71. The zero-order chi connectivity index (χ0) is 25.0. The minimum atomic E-state index is -4.53. The van der Waals surface area contributed by atoms with Crippen molar-refractivity contribution in [1.82, 2.24) is 4.90 Å². The number of carbonyl (C=O) groups is 2. The number of benzene rings is 3. The van der Waals surface area contributed by atoms with Crippen LogP contribution in [0.3, 0.4) is 0 Å². The molecule has 2 amide bonds. The van der Waals surface area contributed by atoms with Gasteiger partial charge in [0.15, 0.2) is 5.17 Å². The number of hydrogen-bond donors (Lipinski definition) is 1. The van der Waals surface area contributed by atoms with E-state index in [9.17, 15) is 22.8 Å². The third-order valence-corrected chi connectivity index (χ3v) is 6.57. The molecular weight excluding hydrogens is 499 g/mol. The lowest BCUT2D eigenvalue weighted by Crippen LogP contribution is -2.44. The summed E-state index contributed by atoms with van der Waals surface area (Å²) in [5, 5.41) is 2.60. The highest BCUT2D eigenvalue weighted by Crippen LogP contribution is 2.34. The monoisotopic (exact) mass is 517 g/mol. The Kier molecular flexibility index (Phi) is 7.47. The fourth-order valence-electron chi connectivity index (χ4n) is 3.38. The van der Waals surface area contributed by atoms with E-state index in [4.69, 9.17) is 11.6 Å². The topological polar surface area (TPSA) is 61.8 Å². The molecule has 1 fully saturated rings. The van der Waals surface area contributed by atoms with Gasteiger partial charge in [-0.1, -0.05) is 59.8 Å². The van der Waals surface area contributed by atoms with Crippen LogP contribution in [0.1, 0.15) is 17.5 Å². The Morgan fingerprint density at radius 1 is 1.06 bits per heavy atom. The molecule has 4 rings (SSSR count). The van der Waals surface area contributed by atoms with Crippen molar-refractivity contribution in [3.05, 3.63) is 95.0 Å². The van der Waals surface area contributed by atoms with Gasteiger partial charge in [0.25, 0.3) is 0 Å². The molecule has 1 atom stereocenters. The third-order valence-electron chi connectivity index (χ3n) is 5.13. The van der Waals surface area contributed by atoms with Crippen molar-refractivity contribution in [2.24, 2.45) is 4.99 Å². The maximum absolute atomic E-state index is 13.2. The third kappa shape index (κ3) is 6.43. The summed E-state index contributed by atoms with van der Waals surface area (Å²) in [6, 6.07) is 20.2. The second-order valence-corrected chi connectivity index (χ2v) is 9.32. The molecule has 0 aliphatic carbocycles. The van der Waals surface area contributed by atoms with Crippen LogP contribution in [0.4, 0.5) is 24.5 Å². The lowest BCUT2D eigenvalue weighted by Gasteiger charge is -2.32. The van der Waals surface area contributed by atoms with Crippen molar-refractivity contribution in [3.63, 3.8) is 0 Å². The predicted octanol–water partition coefficient (Wildman–Crippen LogP) is 6.52. The van der Waals surface area contributed by atoms with E-state index in [1.165, 1.54) is 17.0 Å². The highest BCUT2D eigenvalue weighted by Gasteiger charge is 2.36. The minimum Gasteiger partial charge on any atom is -0.325 e. The molecule has 3 aromatic rings. The predicted molar refractivity (Wildman–Crippen MR) is 132 cm³/mol. The summed E-state index contributed by atoms with van der Waals surface area (Å²) < 4.78 is 39.6. The molecule has 0 aromatic heterocycles. The van der Waals surface area contributed by atoms with E-state index in [1.54, 1.807) is 24.3 Å². The molecule has 1 saturated heterocycles. The van der Waals surface area contributed by atoms with Crippen LogP contribution in [-0.2, 0) is 22.3 Å². The van der Waals surface area contributed by atoms with Crippen molar-refractivity contribution >= 4 is 51.7 Å². The first-order chi connectivity index (χ1) is 16.7. The van der Waals surface area contributed by atoms with E-state index in [2.05, 4.69) is 10.3 Å². The molecule has 0 bridgehead atoms. The standard InChI is InChI=1S/C25H19ClF3N3O2S/c26-18-9-11-19(12-10-18)30-23(34)21-14-22(33)32(15-16-5-2-1-3-6-16)24(35-21)31-20-8-4-7-17(13-20)25(27,28)29/h1-13,21H,14-15H2,(H,30,34). The molecule has 1 N–H and O–H groups in total. The normalized spacial score (nSPS) is 17.5. The molecule has 1 aliphatic rings. The number of anilines is 1. The van der Waals surface area contributed by atoms with E-state index in [1.807, 2.05) is 30.3 Å². The number of amides is 2. The van der Waals surface area contributed by atoms with E-state index in [-0.39, 0.29) is 29.7 Å². The van der Waals surface area contributed by atoms with Crippen LogP contribution in [-0.4, -0.2) is 27.1 Å². The van der Waals surface area contributed by atoms with E-state index < -0.39 is 22.9 Å². The zero-order valence-electron chi connectivity index (χ0n) is 18.1. The molecular formula is C25H19ClF3N3O2S. The van der Waals surface area contributed by atoms with Gasteiger partial charge in [-0.2, -0.15) is 13.2 Å². The Hall–Kier alpha value is -3.30. The number of nitrogens with one attached hydrogen (secondary N) is 1. The number of carbonyl (C=O) groups excluding carboxylic acids is 2. The summed E-state index contributed by atoms with van der Waals surface area (Å²) in [7, 11) is 0. The fourth-order valence-corrected chi connectivity index (χ4v) is 4.60. The lowest BCUT2D eigenvalue weighted by molar-refractivity contribution is -0.137. The molecule has 3 aromatic carbocycles. The molecule has 180 valence electrons. The van der Waals surface area contributed by atoms with Gasteiger partial charge >= 0.3 is 6.18 Å². The van der Waals surface area contributed by atoms with Gasteiger partial charge in [-0.15, -0.1) is 0 Å². The number of hydrogen-bond acceptors (Lipinski definition) is 4. The number of alkyl halides is 3. The van der Waals surface area contributed by atoms with Crippen molar-refractivity contribution in [2.75, 3.05) is 5.32 Å². The van der Waals surface area contributed by atoms with Crippen molar-refractivity contribution in [2.45, 2.75) is 24.4 Å². The molecule has 0 saturated carbocycles. The number of nitrogens with zero attached hydrogens (tertiary/aromatic N) is 2. The average molecular weight is 518 g/mol. The van der Waals surface area contributed by atoms with Crippen LogP contribution in [0, 0.1) is 0 Å². The Bertz CT molecular complexity index is 1250. The summed E-state index contributed by atoms with van der Waals surface area (Å²) in [4.78, 5) is 31.8. The minimum absolute atomic E-state index is 0.0342. The summed E-state index contributed by atoms with van der Waals surface area (Å²) in [5.74, 6) is -0.767. The van der Waals surface area contributed by atoms with Crippen LogP contribution in [0.5, 0.6) is 0 Å². The summed E-state index contributed by atoms with van der Waals surface area (Å²) in [6.45, 7) is 0.177. The van der Waals surface area contributed by atoms with Gasteiger partial charge in [-0.05, 0) is 48.0 Å². The summed E-state index contributed by atoms with van der Waals surface area (Å²) >= 11 is 6.92. The fraction of sp³-hybridized carbons (Fsp3) is 0.160. The van der Waals surface area contributed by atoms with Gasteiger partial charge < -0.3 is 5.32 Å². The molecule has 0 spiro atoms. The molecule has 10 heteroatoms. The smallest absolute Gasteiger partial charge is 0.325 e. The first-order valence-corrected chi connectivity index (χ1v) is 11.8. The van der Waals surface area contributed by atoms with E-state index in [0.29, 0.717) is 10.7 Å². The van der Waals surface area contributed by atoms with Gasteiger partial charge in [0.2, 0.25) is 11.8 Å². The number of thioether (sulfide) groups is 1. The highest BCUT2D eigenvalue weighted by atomic mass is 35.5. The molecule has 35 heavy (non-hydrogen) atoms. The molecule has 1 heterocycles. The van der Waals surface area contributed by atoms with Gasteiger partial charge in [-0.3, -0.25) is 14.5 Å². The van der Waals surface area contributed by atoms with Crippen molar-refractivity contribution in [3.8, 4) is 0 Å². The number of halogens is 4. The molecule has 5 nitrogen and oxygen atoms in total. The lowest BCUT2D eigenvalue weighted by atomic mass is 10.2. The Morgan fingerprint density at radius 3 is 2.46 bits per heavy atom. The van der Waals surface area contributed by atoms with Crippen LogP contribution < -0.4 is 5.32 Å². The van der Waals surface area contributed by atoms with Crippen LogP contribution in [0.2, 0.25) is 5.02 Å². The van der Waals surface area contributed by atoms with E-state index >= 15 is 0 Å². The van der Waals surface area contributed by atoms with Gasteiger partial charge in [0.1, 0.15) is 5.25 Å². The maximum atomic E-state index is 13.2. The first-order valence-electron chi connectivity index (χ1n) is 10.5. The van der Waals surface area contributed by atoms with Gasteiger partial charge in [0, 0.05) is 17.1 Å². The highest BCUT2D eigenvalue weighted by molar-refractivity contribution is 8.15. The van der Waals surface area contributed by atoms with Gasteiger partial charge in [-0.25, -0.2) is 4.99 Å². The van der Waals surface area contributed by atoms with Crippen LogP contribution >= 0.6 is 23.4 Å². The maximum Gasteiger partial charge on any atom is 0.416 e. The van der Waals surface area contributed by atoms with Crippen molar-refractivity contribution in [1.29, 1.82) is 0 Å². The van der Waals surface area contributed by atoms with E-state index in [0.717, 1.165) is 29.5 Å². The number of amidine groups is 1. The van der Waals surface area contributed by atoms with Crippen molar-refractivity contribution < 1.29 is 22.8 Å². The first kappa shape index (κ1) is 24.8.